The standard InChI is InChI=1S/C11H15O5P/c1-7-10(3,4)15-17(14,9(12)13)16-11(5,6)8-2/h1-2H,3-6H3,(H,12,13). The SMILES string of the molecule is C#CC(C)(C)OP(=O)(OC(C)(C)C#C)C(=O)O. The molecule has 0 rings (SSSR count). The summed E-state index contributed by atoms with van der Waals surface area (Å²) >= 11 is 0. The molecule has 6 heteroatoms. The van der Waals surface area contributed by atoms with E-state index in [2.05, 4.69) is 11.8 Å². The molecule has 0 heterocycles. The van der Waals surface area contributed by atoms with Crippen LogP contribution in [0.1, 0.15) is 27.7 Å². The number of carboxylic acid groups (broad SMARTS) is 1. The molecule has 0 radical (unpaired) electrons. The second-order valence-electron chi connectivity index (χ2n) is 4.27. The highest BCUT2D eigenvalue weighted by Crippen LogP contribution is 2.54. The first-order valence-corrected chi connectivity index (χ1v) is 6.23. The summed E-state index contributed by atoms with van der Waals surface area (Å²) in [4.78, 5) is 11.0. The maximum atomic E-state index is 12.0. The molecular formula is C11H15O5P. The second kappa shape index (κ2) is 4.94. The highest BCUT2D eigenvalue weighted by Gasteiger charge is 2.44. The van der Waals surface area contributed by atoms with Crippen LogP contribution in [0.5, 0.6) is 0 Å². The zero-order valence-corrected chi connectivity index (χ0v) is 11.1. The van der Waals surface area contributed by atoms with Crippen LogP contribution in [0.25, 0.3) is 0 Å². The fraction of sp³-hybridized carbons (Fsp3) is 0.545. The molecule has 0 unspecified atom stereocenters. The van der Waals surface area contributed by atoms with Gasteiger partial charge in [0.2, 0.25) is 0 Å². The number of terminal acetylenes is 2. The van der Waals surface area contributed by atoms with E-state index in [1.165, 1.54) is 27.7 Å². The van der Waals surface area contributed by atoms with E-state index in [4.69, 9.17) is 27.0 Å². The van der Waals surface area contributed by atoms with E-state index in [0.717, 1.165) is 0 Å². The van der Waals surface area contributed by atoms with Crippen molar-refractivity contribution >= 4 is 13.3 Å². The number of hydrogen-bond donors (Lipinski definition) is 1. The molecule has 0 aromatic heterocycles. The highest BCUT2D eigenvalue weighted by atomic mass is 31.2. The maximum absolute atomic E-state index is 12.0. The fourth-order valence-corrected chi connectivity index (χ4v) is 2.25. The van der Waals surface area contributed by atoms with Crippen LogP contribution in [-0.4, -0.2) is 22.0 Å². The van der Waals surface area contributed by atoms with Gasteiger partial charge >= 0.3 is 13.3 Å². The topological polar surface area (TPSA) is 72.8 Å². The van der Waals surface area contributed by atoms with Crippen molar-refractivity contribution in [2.24, 2.45) is 0 Å². The number of carbonyl (C=O) groups is 1. The van der Waals surface area contributed by atoms with Crippen molar-refractivity contribution in [3.05, 3.63) is 0 Å². The zero-order chi connectivity index (χ0) is 13.9. The first-order chi connectivity index (χ1) is 7.48. The quantitative estimate of drug-likeness (QED) is 0.606. The van der Waals surface area contributed by atoms with E-state index in [1.54, 1.807) is 0 Å². The third-order valence-electron chi connectivity index (χ3n) is 1.63. The van der Waals surface area contributed by atoms with Crippen LogP contribution in [0.3, 0.4) is 0 Å². The molecule has 94 valence electrons. The van der Waals surface area contributed by atoms with Crippen LogP contribution in [0.2, 0.25) is 0 Å². The molecule has 0 bridgehead atoms. The largest absolute Gasteiger partial charge is 0.472 e. The van der Waals surface area contributed by atoms with Gasteiger partial charge in [-0.3, -0.25) is 9.05 Å². The van der Waals surface area contributed by atoms with E-state index < -0.39 is 24.5 Å². The molecule has 0 atom stereocenters. The summed E-state index contributed by atoms with van der Waals surface area (Å²) in [6, 6.07) is 0. The van der Waals surface area contributed by atoms with Crippen molar-refractivity contribution in [3.8, 4) is 24.7 Å². The predicted molar refractivity (Wildman–Crippen MR) is 63.6 cm³/mol. The Balaban J connectivity index is 5.26. The zero-order valence-electron chi connectivity index (χ0n) is 10.2. The first-order valence-electron chi connectivity index (χ1n) is 4.68. The normalized spacial score (nSPS) is 12.6. The predicted octanol–water partition coefficient (Wildman–Crippen LogP) is 2.71. The Kier molecular flexibility index (Phi) is 4.57. The van der Waals surface area contributed by atoms with E-state index in [9.17, 15) is 9.36 Å². The lowest BCUT2D eigenvalue weighted by Gasteiger charge is -2.28. The Bertz CT molecular complexity index is 404. The van der Waals surface area contributed by atoms with Crippen molar-refractivity contribution in [3.63, 3.8) is 0 Å². The van der Waals surface area contributed by atoms with Crippen molar-refractivity contribution < 1.29 is 23.5 Å². The lowest BCUT2D eigenvalue weighted by atomic mass is 10.2. The van der Waals surface area contributed by atoms with Gasteiger partial charge in [-0.1, -0.05) is 11.8 Å². The lowest BCUT2D eigenvalue weighted by Crippen LogP contribution is -2.28. The first kappa shape index (κ1) is 15.7. The van der Waals surface area contributed by atoms with E-state index in [0.29, 0.717) is 0 Å². The van der Waals surface area contributed by atoms with Crippen LogP contribution in [-0.2, 0) is 13.6 Å². The molecule has 0 amide bonds. The number of hydrogen-bond acceptors (Lipinski definition) is 4. The van der Waals surface area contributed by atoms with E-state index in [1.807, 2.05) is 0 Å². The third-order valence-corrected chi connectivity index (χ3v) is 3.49. The minimum atomic E-state index is -4.44. The fourth-order valence-electron chi connectivity index (χ4n) is 0.750. The van der Waals surface area contributed by atoms with Gasteiger partial charge < -0.3 is 5.11 Å². The molecular weight excluding hydrogens is 243 g/mol. The number of rotatable bonds is 5. The molecule has 0 aliphatic rings. The average molecular weight is 258 g/mol. The highest BCUT2D eigenvalue weighted by molar-refractivity contribution is 7.71. The van der Waals surface area contributed by atoms with Gasteiger partial charge in [0, 0.05) is 0 Å². The van der Waals surface area contributed by atoms with Crippen LogP contribution in [0.4, 0.5) is 4.79 Å². The summed E-state index contributed by atoms with van der Waals surface area (Å²) in [5.41, 5.74) is -4.40. The van der Waals surface area contributed by atoms with E-state index in [-0.39, 0.29) is 0 Å². The Morgan fingerprint density at radius 3 is 1.59 bits per heavy atom. The van der Waals surface area contributed by atoms with Gasteiger partial charge in [-0.05, 0) is 27.7 Å². The van der Waals surface area contributed by atoms with Crippen molar-refractivity contribution in [2.45, 2.75) is 38.9 Å². The van der Waals surface area contributed by atoms with Gasteiger partial charge in [0.05, 0.1) is 0 Å². The van der Waals surface area contributed by atoms with Crippen LogP contribution >= 0.6 is 7.60 Å². The average Bonchev–Trinajstić information content (AvgIpc) is 2.16. The van der Waals surface area contributed by atoms with Crippen LogP contribution in [0, 0.1) is 24.7 Å². The molecule has 0 saturated carbocycles. The Hall–Kier alpha value is -1.26. The van der Waals surface area contributed by atoms with Crippen LogP contribution in [0.15, 0.2) is 0 Å². The summed E-state index contributed by atoms with van der Waals surface area (Å²) in [6.45, 7) is 5.59. The summed E-state index contributed by atoms with van der Waals surface area (Å²) in [7, 11) is -4.44. The van der Waals surface area contributed by atoms with Gasteiger partial charge in [-0.2, -0.15) is 0 Å². The Morgan fingerprint density at radius 1 is 1.12 bits per heavy atom. The molecule has 0 aliphatic carbocycles. The summed E-state index contributed by atoms with van der Waals surface area (Å²) in [6.07, 6.45) is 10.2. The smallest absolute Gasteiger partial charge is 0.441 e. The van der Waals surface area contributed by atoms with Gasteiger partial charge in [0.1, 0.15) is 11.2 Å². The molecule has 5 nitrogen and oxygen atoms in total. The van der Waals surface area contributed by atoms with Crippen molar-refractivity contribution in [2.75, 3.05) is 0 Å². The van der Waals surface area contributed by atoms with Gasteiger partial charge in [-0.25, -0.2) is 9.36 Å². The Morgan fingerprint density at radius 2 is 1.41 bits per heavy atom. The molecule has 0 saturated heterocycles. The molecule has 0 spiro atoms. The molecule has 0 aliphatic heterocycles. The van der Waals surface area contributed by atoms with Gasteiger partial charge in [0.15, 0.2) is 0 Å². The summed E-state index contributed by atoms with van der Waals surface area (Å²) < 4.78 is 21.8. The van der Waals surface area contributed by atoms with Crippen molar-refractivity contribution in [1.29, 1.82) is 0 Å². The van der Waals surface area contributed by atoms with Gasteiger partial charge in [0.25, 0.3) is 0 Å². The van der Waals surface area contributed by atoms with E-state index >= 15 is 0 Å². The summed E-state index contributed by atoms with van der Waals surface area (Å²) in [5.74, 6) is 4.33. The van der Waals surface area contributed by atoms with Gasteiger partial charge in [-0.15, -0.1) is 12.8 Å². The molecule has 1 N–H and O–H groups in total. The minimum absolute atomic E-state index is 1.33. The molecule has 0 aromatic carbocycles. The molecule has 0 fully saturated rings. The van der Waals surface area contributed by atoms with Crippen molar-refractivity contribution in [1.82, 2.24) is 0 Å². The third kappa shape index (κ3) is 4.63. The second-order valence-corrected chi connectivity index (χ2v) is 6.01. The molecule has 17 heavy (non-hydrogen) atoms. The molecule has 0 aromatic rings. The maximum Gasteiger partial charge on any atom is 0.441 e. The summed E-state index contributed by atoms with van der Waals surface area (Å²) in [5, 5.41) is 8.90. The minimum Gasteiger partial charge on any atom is -0.472 e. The monoisotopic (exact) mass is 258 g/mol. The Labute approximate surface area is 101 Å². The van der Waals surface area contributed by atoms with Crippen LogP contribution < -0.4 is 0 Å². The lowest BCUT2D eigenvalue weighted by molar-refractivity contribution is 0.0812.